The lowest BCUT2D eigenvalue weighted by molar-refractivity contribution is 0.175. The van der Waals surface area contributed by atoms with Gasteiger partial charge in [-0.2, -0.15) is 0 Å². The summed E-state index contributed by atoms with van der Waals surface area (Å²) in [6.45, 7) is 2.45. The highest BCUT2D eigenvalue weighted by molar-refractivity contribution is 5.29. The molecule has 0 amide bonds. The van der Waals surface area contributed by atoms with Crippen LogP contribution in [0, 0.1) is 5.82 Å². The molecule has 1 heterocycles. The molecule has 4 heteroatoms. The molecule has 0 aliphatic carbocycles. The zero-order chi connectivity index (χ0) is 13.0. The molecule has 2 rings (SSSR count). The van der Waals surface area contributed by atoms with Crippen molar-refractivity contribution in [3.8, 4) is 5.75 Å². The normalized spacial score (nSPS) is 21.6. The summed E-state index contributed by atoms with van der Waals surface area (Å²) in [4.78, 5) is 2.29. The molecule has 1 aromatic carbocycles. The molecule has 1 aliphatic heterocycles. The van der Waals surface area contributed by atoms with Gasteiger partial charge in [0.15, 0.2) is 11.6 Å². The summed E-state index contributed by atoms with van der Waals surface area (Å²) in [6, 6.07) is 4.96. The summed E-state index contributed by atoms with van der Waals surface area (Å²) in [5.74, 6) is 0.0392. The van der Waals surface area contributed by atoms with Gasteiger partial charge in [0.1, 0.15) is 6.10 Å². The first-order chi connectivity index (χ1) is 8.69. The number of likely N-dealkylation sites (tertiary alicyclic amines) is 1. The van der Waals surface area contributed by atoms with Crippen molar-refractivity contribution in [1.29, 1.82) is 0 Å². The fourth-order valence-corrected chi connectivity index (χ4v) is 2.27. The van der Waals surface area contributed by atoms with E-state index in [0.717, 1.165) is 37.9 Å². The number of ether oxygens (including phenoxy) is 1. The molecule has 2 N–H and O–H groups in total. The van der Waals surface area contributed by atoms with Gasteiger partial charge >= 0.3 is 0 Å². The van der Waals surface area contributed by atoms with Crippen LogP contribution in [-0.2, 0) is 6.54 Å². The van der Waals surface area contributed by atoms with Crippen molar-refractivity contribution in [2.75, 3.05) is 20.1 Å². The Kier molecular flexibility index (Phi) is 4.55. The maximum Gasteiger partial charge on any atom is 0.165 e. The van der Waals surface area contributed by atoms with Crippen LogP contribution in [0.5, 0.6) is 5.75 Å². The molecule has 1 fully saturated rings. The minimum atomic E-state index is -0.310. The number of rotatable bonds is 3. The van der Waals surface area contributed by atoms with E-state index in [4.69, 9.17) is 10.5 Å². The maximum absolute atomic E-state index is 13.8. The Bertz CT molecular complexity index is 397. The van der Waals surface area contributed by atoms with Crippen LogP contribution in [0.2, 0.25) is 0 Å². The molecular formula is C14H21FN2O. The zero-order valence-electron chi connectivity index (χ0n) is 10.9. The molecular weight excluding hydrogens is 231 g/mol. The second-order valence-corrected chi connectivity index (χ2v) is 4.94. The van der Waals surface area contributed by atoms with Crippen LogP contribution in [0.25, 0.3) is 0 Å². The topological polar surface area (TPSA) is 38.5 Å². The number of hydrogen-bond acceptors (Lipinski definition) is 3. The average Bonchev–Trinajstić information content (AvgIpc) is 2.57. The molecule has 3 nitrogen and oxygen atoms in total. The fraction of sp³-hybridized carbons (Fsp3) is 0.571. The van der Waals surface area contributed by atoms with Crippen molar-refractivity contribution in [2.24, 2.45) is 5.73 Å². The standard InChI is InChI=1S/C14H21FN2O/c1-17-7-2-3-12(6-8-17)18-14-5-4-11(10-16)9-13(14)15/h4-5,9,12H,2-3,6-8,10,16H2,1H3. The SMILES string of the molecule is CN1CCCC(Oc2ccc(CN)cc2F)CC1. The van der Waals surface area contributed by atoms with E-state index in [1.807, 2.05) is 6.07 Å². The van der Waals surface area contributed by atoms with Gasteiger partial charge < -0.3 is 15.4 Å². The first kappa shape index (κ1) is 13.3. The Morgan fingerprint density at radius 1 is 1.39 bits per heavy atom. The summed E-state index contributed by atoms with van der Waals surface area (Å²) in [5.41, 5.74) is 6.27. The van der Waals surface area contributed by atoms with Gasteiger partial charge in [0.2, 0.25) is 0 Å². The smallest absolute Gasteiger partial charge is 0.165 e. The highest BCUT2D eigenvalue weighted by Crippen LogP contribution is 2.23. The highest BCUT2D eigenvalue weighted by atomic mass is 19.1. The Labute approximate surface area is 108 Å². The van der Waals surface area contributed by atoms with Gasteiger partial charge in [-0.15, -0.1) is 0 Å². The predicted octanol–water partition coefficient (Wildman–Crippen LogP) is 2.15. The van der Waals surface area contributed by atoms with Crippen molar-refractivity contribution >= 4 is 0 Å². The van der Waals surface area contributed by atoms with E-state index < -0.39 is 0 Å². The van der Waals surface area contributed by atoms with E-state index in [1.54, 1.807) is 6.07 Å². The van der Waals surface area contributed by atoms with Crippen molar-refractivity contribution in [3.63, 3.8) is 0 Å². The number of halogens is 1. The first-order valence-corrected chi connectivity index (χ1v) is 6.52. The molecule has 1 aliphatic rings. The quantitative estimate of drug-likeness (QED) is 0.895. The van der Waals surface area contributed by atoms with Gasteiger partial charge in [0.25, 0.3) is 0 Å². The van der Waals surface area contributed by atoms with Crippen molar-refractivity contribution in [3.05, 3.63) is 29.6 Å². The van der Waals surface area contributed by atoms with Crippen LogP contribution in [-0.4, -0.2) is 31.1 Å². The van der Waals surface area contributed by atoms with Crippen LogP contribution in [0.3, 0.4) is 0 Å². The summed E-state index contributed by atoms with van der Waals surface area (Å²) in [7, 11) is 2.11. The molecule has 1 unspecified atom stereocenters. The molecule has 1 saturated heterocycles. The molecule has 0 saturated carbocycles. The maximum atomic E-state index is 13.8. The number of hydrogen-bond donors (Lipinski definition) is 1. The largest absolute Gasteiger partial charge is 0.487 e. The second kappa shape index (κ2) is 6.16. The predicted molar refractivity (Wildman–Crippen MR) is 70.1 cm³/mol. The minimum Gasteiger partial charge on any atom is -0.487 e. The molecule has 0 bridgehead atoms. The van der Waals surface area contributed by atoms with Gasteiger partial charge in [-0.3, -0.25) is 0 Å². The van der Waals surface area contributed by atoms with Crippen LogP contribution in [0.4, 0.5) is 4.39 Å². The zero-order valence-corrected chi connectivity index (χ0v) is 10.9. The highest BCUT2D eigenvalue weighted by Gasteiger charge is 2.17. The third kappa shape index (κ3) is 3.43. The van der Waals surface area contributed by atoms with Crippen LogP contribution >= 0.6 is 0 Å². The molecule has 100 valence electrons. The van der Waals surface area contributed by atoms with Crippen molar-refractivity contribution < 1.29 is 9.13 Å². The van der Waals surface area contributed by atoms with Gasteiger partial charge in [-0.1, -0.05) is 6.07 Å². The Hall–Kier alpha value is -1.13. The minimum absolute atomic E-state index is 0.119. The lowest BCUT2D eigenvalue weighted by Gasteiger charge is -2.18. The van der Waals surface area contributed by atoms with Crippen LogP contribution in [0.15, 0.2) is 18.2 Å². The molecule has 18 heavy (non-hydrogen) atoms. The monoisotopic (exact) mass is 252 g/mol. The van der Waals surface area contributed by atoms with Crippen LogP contribution in [0.1, 0.15) is 24.8 Å². The van der Waals surface area contributed by atoms with Gasteiger partial charge in [-0.25, -0.2) is 4.39 Å². The Morgan fingerprint density at radius 2 is 2.22 bits per heavy atom. The first-order valence-electron chi connectivity index (χ1n) is 6.52. The van der Waals surface area contributed by atoms with Crippen LogP contribution < -0.4 is 10.5 Å². The van der Waals surface area contributed by atoms with Crippen molar-refractivity contribution in [1.82, 2.24) is 4.90 Å². The number of nitrogens with zero attached hydrogens (tertiary/aromatic N) is 1. The lowest BCUT2D eigenvalue weighted by atomic mass is 10.1. The van der Waals surface area contributed by atoms with Gasteiger partial charge in [0.05, 0.1) is 0 Å². The fourth-order valence-electron chi connectivity index (χ4n) is 2.27. The van der Waals surface area contributed by atoms with Gasteiger partial charge in [-0.05, 0) is 50.6 Å². The van der Waals surface area contributed by atoms with E-state index in [0.29, 0.717) is 12.3 Å². The van der Waals surface area contributed by atoms with E-state index >= 15 is 0 Å². The Morgan fingerprint density at radius 3 is 2.94 bits per heavy atom. The van der Waals surface area contributed by atoms with E-state index in [2.05, 4.69) is 11.9 Å². The number of nitrogens with two attached hydrogens (primary N) is 1. The molecule has 1 aromatic rings. The Balaban J connectivity index is 2.00. The molecule has 0 aromatic heterocycles. The molecule has 0 radical (unpaired) electrons. The number of benzene rings is 1. The molecule has 1 atom stereocenters. The van der Waals surface area contributed by atoms with E-state index in [-0.39, 0.29) is 11.9 Å². The van der Waals surface area contributed by atoms with Crippen molar-refractivity contribution in [2.45, 2.75) is 31.9 Å². The lowest BCUT2D eigenvalue weighted by Crippen LogP contribution is -2.21. The van der Waals surface area contributed by atoms with E-state index in [9.17, 15) is 4.39 Å². The second-order valence-electron chi connectivity index (χ2n) is 4.94. The summed E-state index contributed by atoms with van der Waals surface area (Å²) < 4.78 is 19.6. The van der Waals surface area contributed by atoms with E-state index in [1.165, 1.54) is 6.07 Å². The summed E-state index contributed by atoms with van der Waals surface area (Å²) >= 11 is 0. The average molecular weight is 252 g/mol. The van der Waals surface area contributed by atoms with Gasteiger partial charge in [0, 0.05) is 13.1 Å². The molecule has 0 spiro atoms. The third-order valence-corrected chi connectivity index (χ3v) is 3.42. The third-order valence-electron chi connectivity index (χ3n) is 3.42. The summed E-state index contributed by atoms with van der Waals surface area (Å²) in [6.07, 6.45) is 3.16. The summed E-state index contributed by atoms with van der Waals surface area (Å²) in [5, 5.41) is 0.